The molecule has 0 aromatic heterocycles. The number of alkyl halides is 3. The lowest BCUT2D eigenvalue weighted by Crippen LogP contribution is -2.40. The molecule has 4 rings (SSSR count). The smallest absolute Gasteiger partial charge is 0.338 e. The molecule has 1 saturated heterocycles. The molecule has 3 aliphatic rings. The highest BCUT2D eigenvalue weighted by Crippen LogP contribution is 2.38. The molecular weight excluding hydrogens is 447 g/mol. The summed E-state index contributed by atoms with van der Waals surface area (Å²) in [5, 5.41) is 11.3. The van der Waals surface area contributed by atoms with Crippen molar-refractivity contribution in [3.05, 3.63) is 38.9 Å². The maximum atomic E-state index is 13.2. The first-order chi connectivity index (χ1) is 16.2. The lowest BCUT2D eigenvalue weighted by atomic mass is 9.94. The highest BCUT2D eigenvalue weighted by Gasteiger charge is 2.39. The molecule has 2 atom stereocenters. The van der Waals surface area contributed by atoms with E-state index in [4.69, 9.17) is 0 Å². The minimum absolute atomic E-state index is 0.00378. The number of fused-ring (bicyclic) bond motifs is 1. The van der Waals surface area contributed by atoms with Crippen molar-refractivity contribution in [2.75, 3.05) is 19.6 Å². The molecule has 0 radical (unpaired) electrons. The molecule has 2 fully saturated rings. The van der Waals surface area contributed by atoms with Gasteiger partial charge in [0.25, 0.3) is 5.69 Å². The van der Waals surface area contributed by atoms with E-state index in [1.54, 1.807) is 4.90 Å². The zero-order valence-corrected chi connectivity index (χ0v) is 20.2. The second kappa shape index (κ2) is 11.5. The van der Waals surface area contributed by atoms with E-state index in [2.05, 4.69) is 18.7 Å². The predicted molar refractivity (Wildman–Crippen MR) is 124 cm³/mol. The summed E-state index contributed by atoms with van der Waals surface area (Å²) in [6.07, 6.45) is 4.25. The van der Waals surface area contributed by atoms with Crippen LogP contribution in [0.1, 0.15) is 81.9 Å². The fraction of sp³-hybridized carbons (Fsp3) is 0.720. The van der Waals surface area contributed by atoms with Gasteiger partial charge in [0, 0.05) is 36.7 Å². The molecular formula is C25H36F3N3O3. The van der Waals surface area contributed by atoms with Gasteiger partial charge in [0.2, 0.25) is 5.91 Å². The molecule has 9 heteroatoms. The van der Waals surface area contributed by atoms with Crippen LogP contribution in [-0.4, -0.2) is 46.3 Å². The van der Waals surface area contributed by atoms with E-state index in [-0.39, 0.29) is 30.4 Å². The molecule has 6 nitrogen and oxygen atoms in total. The van der Waals surface area contributed by atoms with E-state index in [1.165, 1.54) is 32.1 Å². The standard InChI is InChI=1S/C22H28F3N3O3.C3H8/c23-22(24,25)17-11-16-14-27(10-7-19(16)20(13-17)28(30)31)21(29)15-5-6-18(12-15)26-8-3-1-2-4-9-26;1-3-2/h11,13,15,18H,1-10,12,14H2;3H2,1-2H3. The number of hydrogen-bond donors (Lipinski definition) is 0. The number of nitro benzene ring substituents is 1. The average Bonchev–Trinajstić information content (AvgIpc) is 3.12. The maximum absolute atomic E-state index is 13.2. The quantitative estimate of drug-likeness (QED) is 0.393. The summed E-state index contributed by atoms with van der Waals surface area (Å²) in [5.41, 5.74) is -0.979. The number of nitrogens with zero attached hydrogens (tertiary/aromatic N) is 3. The van der Waals surface area contributed by atoms with Crippen LogP contribution < -0.4 is 0 Å². The molecule has 0 bridgehead atoms. The van der Waals surface area contributed by atoms with E-state index in [0.29, 0.717) is 24.2 Å². The molecule has 190 valence electrons. The summed E-state index contributed by atoms with van der Waals surface area (Å²) in [7, 11) is 0. The van der Waals surface area contributed by atoms with Crippen LogP contribution in [0.25, 0.3) is 0 Å². The molecule has 0 N–H and O–H groups in total. The first kappa shape index (κ1) is 26.4. The summed E-state index contributed by atoms with van der Waals surface area (Å²) >= 11 is 0. The van der Waals surface area contributed by atoms with Crippen LogP contribution in [0.2, 0.25) is 0 Å². The average molecular weight is 484 g/mol. The molecule has 1 amide bonds. The Labute approximate surface area is 199 Å². The zero-order valence-electron chi connectivity index (χ0n) is 20.2. The minimum Gasteiger partial charge on any atom is -0.338 e. The van der Waals surface area contributed by atoms with Crippen LogP contribution in [0.3, 0.4) is 0 Å². The summed E-state index contributed by atoms with van der Waals surface area (Å²) in [6, 6.07) is 1.98. The lowest BCUT2D eigenvalue weighted by Gasteiger charge is -2.32. The van der Waals surface area contributed by atoms with Crippen LogP contribution in [0.15, 0.2) is 12.1 Å². The number of carbonyl (C=O) groups excluding carboxylic acids is 1. The highest BCUT2D eigenvalue weighted by molar-refractivity contribution is 5.79. The Morgan fingerprint density at radius 1 is 1.09 bits per heavy atom. The van der Waals surface area contributed by atoms with Crippen LogP contribution in [0, 0.1) is 16.0 Å². The number of likely N-dealkylation sites (tertiary alicyclic amines) is 1. The van der Waals surface area contributed by atoms with Gasteiger partial charge < -0.3 is 9.80 Å². The van der Waals surface area contributed by atoms with Gasteiger partial charge in [-0.1, -0.05) is 33.1 Å². The van der Waals surface area contributed by atoms with Crippen molar-refractivity contribution < 1.29 is 22.9 Å². The molecule has 2 aliphatic heterocycles. The number of carbonyl (C=O) groups is 1. The molecule has 1 saturated carbocycles. The van der Waals surface area contributed by atoms with Crippen molar-refractivity contribution in [3.8, 4) is 0 Å². The minimum atomic E-state index is -4.67. The fourth-order valence-corrected chi connectivity index (χ4v) is 5.42. The number of benzene rings is 1. The van der Waals surface area contributed by atoms with E-state index in [1.807, 2.05) is 0 Å². The molecule has 1 aromatic carbocycles. The SMILES string of the molecule is CCC.O=C(C1CCC(N2CCCCCC2)C1)N1CCc2c(cc(C(F)(F)F)cc2[N+](=O)[O-])C1. The number of halogens is 3. The first-order valence-electron chi connectivity index (χ1n) is 12.6. The summed E-state index contributed by atoms with van der Waals surface area (Å²) in [6.45, 7) is 6.71. The number of nitro groups is 1. The fourth-order valence-electron chi connectivity index (χ4n) is 5.42. The number of rotatable bonds is 3. The van der Waals surface area contributed by atoms with E-state index >= 15 is 0 Å². The third kappa shape index (κ3) is 6.29. The van der Waals surface area contributed by atoms with Gasteiger partial charge in [0.1, 0.15) is 0 Å². The first-order valence-corrected chi connectivity index (χ1v) is 12.6. The summed E-state index contributed by atoms with van der Waals surface area (Å²) < 4.78 is 39.7. The van der Waals surface area contributed by atoms with Crippen molar-refractivity contribution in [3.63, 3.8) is 0 Å². The Morgan fingerprint density at radius 2 is 1.74 bits per heavy atom. The molecule has 1 aliphatic carbocycles. The Balaban J connectivity index is 0.00000103. The normalized spacial score (nSPS) is 23.5. The van der Waals surface area contributed by atoms with Crippen LogP contribution >= 0.6 is 0 Å². The Bertz CT molecular complexity index is 867. The van der Waals surface area contributed by atoms with Gasteiger partial charge in [-0.3, -0.25) is 14.9 Å². The Morgan fingerprint density at radius 3 is 2.32 bits per heavy atom. The molecule has 1 aromatic rings. The highest BCUT2D eigenvalue weighted by atomic mass is 19.4. The molecule has 34 heavy (non-hydrogen) atoms. The van der Waals surface area contributed by atoms with Gasteiger partial charge in [-0.05, 0) is 63.2 Å². The third-order valence-electron chi connectivity index (χ3n) is 7.06. The van der Waals surface area contributed by atoms with Crippen molar-refractivity contribution >= 4 is 11.6 Å². The second-order valence-electron chi connectivity index (χ2n) is 9.72. The van der Waals surface area contributed by atoms with Crippen molar-refractivity contribution in [2.24, 2.45) is 5.92 Å². The van der Waals surface area contributed by atoms with Crippen molar-refractivity contribution in [2.45, 2.75) is 90.4 Å². The number of amides is 1. The topological polar surface area (TPSA) is 66.7 Å². The van der Waals surface area contributed by atoms with E-state index in [0.717, 1.165) is 38.4 Å². The third-order valence-corrected chi connectivity index (χ3v) is 7.06. The van der Waals surface area contributed by atoms with Crippen molar-refractivity contribution in [1.82, 2.24) is 9.80 Å². The van der Waals surface area contributed by atoms with Gasteiger partial charge in [0.05, 0.1) is 10.5 Å². The van der Waals surface area contributed by atoms with Crippen LogP contribution in [0.4, 0.5) is 18.9 Å². The maximum Gasteiger partial charge on any atom is 0.416 e. The van der Waals surface area contributed by atoms with E-state index < -0.39 is 22.4 Å². The van der Waals surface area contributed by atoms with Gasteiger partial charge in [-0.15, -0.1) is 0 Å². The van der Waals surface area contributed by atoms with Gasteiger partial charge in [-0.2, -0.15) is 13.2 Å². The van der Waals surface area contributed by atoms with E-state index in [9.17, 15) is 28.1 Å². The van der Waals surface area contributed by atoms with Crippen LogP contribution in [-0.2, 0) is 23.9 Å². The van der Waals surface area contributed by atoms with Crippen molar-refractivity contribution in [1.29, 1.82) is 0 Å². The summed E-state index contributed by atoms with van der Waals surface area (Å²) in [4.78, 5) is 27.8. The van der Waals surface area contributed by atoms with Crippen LogP contribution in [0.5, 0.6) is 0 Å². The molecule has 2 heterocycles. The van der Waals surface area contributed by atoms with Gasteiger partial charge >= 0.3 is 6.18 Å². The number of hydrogen-bond acceptors (Lipinski definition) is 4. The van der Waals surface area contributed by atoms with Gasteiger partial charge in [0.15, 0.2) is 0 Å². The lowest BCUT2D eigenvalue weighted by molar-refractivity contribution is -0.385. The Kier molecular flexibility index (Phi) is 8.95. The molecule has 0 spiro atoms. The second-order valence-corrected chi connectivity index (χ2v) is 9.72. The Hall–Kier alpha value is -2.16. The monoisotopic (exact) mass is 483 g/mol. The summed E-state index contributed by atoms with van der Waals surface area (Å²) in [5.74, 6) is -0.140. The van der Waals surface area contributed by atoms with Gasteiger partial charge in [-0.25, -0.2) is 0 Å². The molecule has 2 unspecified atom stereocenters. The zero-order chi connectivity index (χ0) is 24.9. The predicted octanol–water partition coefficient (Wildman–Crippen LogP) is 5.96. The largest absolute Gasteiger partial charge is 0.416 e.